The van der Waals surface area contributed by atoms with Gasteiger partial charge in [-0.1, -0.05) is 0 Å². The van der Waals surface area contributed by atoms with Crippen molar-refractivity contribution in [3.05, 3.63) is 0 Å². The van der Waals surface area contributed by atoms with Crippen LogP contribution in [0.15, 0.2) is 0 Å². The second kappa shape index (κ2) is 20.6. The van der Waals surface area contributed by atoms with Crippen molar-refractivity contribution in [1.82, 2.24) is 0 Å². The molecule has 0 aromatic rings. The van der Waals surface area contributed by atoms with Gasteiger partial charge in [-0.25, -0.2) is 0 Å². The molecule has 0 saturated carbocycles. The molecule has 3 aliphatic heterocycles. The van der Waals surface area contributed by atoms with E-state index in [1.54, 1.807) is 0 Å². The van der Waals surface area contributed by atoms with Crippen LogP contribution in [0.4, 0.5) is 0 Å². The number of rotatable bonds is 11. The maximum Gasteiger partial charge on any atom is 0.186 e. The summed E-state index contributed by atoms with van der Waals surface area (Å²) in [4.78, 5) is 0. The predicted octanol–water partition coefficient (Wildman–Crippen LogP) is -11.5. The molecule has 0 aliphatic carbocycles. The van der Waals surface area contributed by atoms with Gasteiger partial charge >= 0.3 is 0 Å². The number of hydrogen-bond acceptors (Lipinski definition) is 22. The first kappa shape index (κ1) is 43.1. The summed E-state index contributed by atoms with van der Waals surface area (Å²) in [7, 11) is 0. The Morgan fingerprint density at radius 1 is 0.435 bits per heavy atom. The highest BCUT2D eigenvalue weighted by Crippen LogP contribution is 2.25. The van der Waals surface area contributed by atoms with Crippen molar-refractivity contribution in [3.8, 4) is 0 Å². The second-order valence-electron chi connectivity index (χ2n) is 10.6. The number of hydrogen-bond donors (Lipinski definition) is 18. The summed E-state index contributed by atoms with van der Waals surface area (Å²) in [6.07, 6.45) is -25.4. The third kappa shape index (κ3) is 11.3. The van der Waals surface area contributed by atoms with E-state index in [2.05, 4.69) is 0 Å². The molecule has 0 aromatic heterocycles. The second-order valence-corrected chi connectivity index (χ2v) is 10.6. The van der Waals surface area contributed by atoms with Crippen LogP contribution < -0.4 is 0 Å². The summed E-state index contributed by atoms with van der Waals surface area (Å²) < 4.78 is 20.0. The molecule has 276 valence electrons. The molecule has 0 spiro atoms. The lowest BCUT2D eigenvalue weighted by Crippen LogP contribution is -2.61. The Labute approximate surface area is 261 Å². The van der Waals surface area contributed by atoms with Gasteiger partial charge in [-0.2, -0.15) is 0 Å². The summed E-state index contributed by atoms with van der Waals surface area (Å²) >= 11 is 0. The van der Waals surface area contributed by atoms with Crippen LogP contribution in [0.3, 0.4) is 0 Å². The van der Waals surface area contributed by atoms with Crippen molar-refractivity contribution in [2.24, 2.45) is 0 Å². The lowest BCUT2D eigenvalue weighted by atomic mass is 9.98. The zero-order valence-electron chi connectivity index (χ0n) is 24.3. The first-order valence-electron chi connectivity index (χ1n) is 14.0. The zero-order chi connectivity index (χ0) is 35.5. The number of aliphatic hydroxyl groups excluding tert-OH is 18. The third-order valence-corrected chi connectivity index (χ3v) is 7.29. The van der Waals surface area contributed by atoms with E-state index in [-0.39, 0.29) is 13.2 Å². The molecule has 22 nitrogen and oxygen atoms in total. The Bertz CT molecular complexity index is 780. The lowest BCUT2D eigenvalue weighted by Gasteiger charge is -2.41. The highest BCUT2D eigenvalue weighted by Gasteiger charge is 2.47. The molecule has 3 aliphatic rings. The molecule has 0 radical (unpaired) electrons. The zero-order valence-corrected chi connectivity index (χ0v) is 24.3. The van der Waals surface area contributed by atoms with Gasteiger partial charge in [0.25, 0.3) is 0 Å². The molecule has 18 N–H and O–H groups in total. The molecule has 0 amide bonds. The van der Waals surface area contributed by atoms with Crippen LogP contribution in [0.2, 0.25) is 0 Å². The van der Waals surface area contributed by atoms with E-state index in [4.69, 9.17) is 75.1 Å². The van der Waals surface area contributed by atoms with E-state index in [1.165, 1.54) is 0 Å². The van der Waals surface area contributed by atoms with Crippen LogP contribution in [0.5, 0.6) is 0 Å². The summed E-state index contributed by atoms with van der Waals surface area (Å²) in [5.74, 6) is 0. The van der Waals surface area contributed by atoms with Gasteiger partial charge < -0.3 is 111 Å². The van der Waals surface area contributed by atoms with E-state index in [1.807, 2.05) is 0 Å². The first-order valence-corrected chi connectivity index (χ1v) is 14.0. The quantitative estimate of drug-likeness (QED) is 0.0957. The summed E-state index contributed by atoms with van der Waals surface area (Å²) in [6, 6.07) is 0. The average molecular weight is 689 g/mol. The largest absolute Gasteiger partial charge is 0.394 e. The minimum Gasteiger partial charge on any atom is -0.394 e. The van der Waals surface area contributed by atoms with Crippen LogP contribution in [-0.2, 0) is 18.9 Å². The Kier molecular flexibility index (Phi) is 19.3. The fourth-order valence-corrected chi connectivity index (χ4v) is 4.26. The predicted molar refractivity (Wildman–Crippen MR) is 142 cm³/mol. The highest BCUT2D eigenvalue weighted by molar-refractivity contribution is 4.92. The number of ether oxygens (including phenoxy) is 4. The van der Waals surface area contributed by atoms with E-state index in [9.17, 15) is 35.7 Å². The van der Waals surface area contributed by atoms with Crippen molar-refractivity contribution < 1.29 is 111 Å². The molecular formula is C24H48O22. The van der Waals surface area contributed by atoms with Crippen molar-refractivity contribution >= 4 is 0 Å². The summed E-state index contributed by atoms with van der Waals surface area (Å²) in [5, 5.41) is 164. The van der Waals surface area contributed by atoms with Crippen LogP contribution in [0.25, 0.3) is 0 Å². The van der Waals surface area contributed by atoms with Crippen molar-refractivity contribution in [1.29, 1.82) is 0 Å². The molecule has 3 saturated heterocycles. The monoisotopic (exact) mass is 688 g/mol. The van der Waals surface area contributed by atoms with Gasteiger partial charge in [-0.3, -0.25) is 0 Å². The molecule has 14 unspecified atom stereocenters. The Morgan fingerprint density at radius 2 is 0.804 bits per heavy atom. The summed E-state index contributed by atoms with van der Waals surface area (Å²) in [5.41, 5.74) is 0. The van der Waals surface area contributed by atoms with Gasteiger partial charge in [0.2, 0.25) is 0 Å². The van der Waals surface area contributed by atoms with E-state index in [0.717, 1.165) is 0 Å². The van der Waals surface area contributed by atoms with E-state index >= 15 is 0 Å². The SMILES string of the molecule is OCC1OC(CO)C(O)C1O.OCC1OC(OCC2OC(O)C(O)C(O)C2O)C(O)C(O)C1O.OC[C@@H](O)[C@@H](O)[C@H](O)[C@H](O)CO. The number of aliphatic hydroxyl groups is 18. The van der Waals surface area contributed by atoms with Gasteiger partial charge in [0.15, 0.2) is 12.6 Å². The topological polar surface area (TPSA) is 401 Å². The molecule has 0 aromatic carbocycles. The Morgan fingerprint density at radius 3 is 1.20 bits per heavy atom. The van der Waals surface area contributed by atoms with Crippen molar-refractivity contribution in [2.45, 2.75) is 110 Å². The smallest absolute Gasteiger partial charge is 0.186 e. The van der Waals surface area contributed by atoms with Gasteiger partial charge in [0, 0.05) is 0 Å². The molecule has 3 heterocycles. The van der Waals surface area contributed by atoms with Crippen LogP contribution in [0, 0.1) is 0 Å². The van der Waals surface area contributed by atoms with Gasteiger partial charge in [0.05, 0.1) is 39.6 Å². The minimum atomic E-state index is -1.74. The third-order valence-electron chi connectivity index (χ3n) is 7.29. The molecular weight excluding hydrogens is 640 g/mol. The van der Waals surface area contributed by atoms with E-state index in [0.29, 0.717) is 0 Å². The molecule has 3 rings (SSSR count). The van der Waals surface area contributed by atoms with Crippen LogP contribution >= 0.6 is 0 Å². The fraction of sp³-hybridized carbons (Fsp3) is 1.00. The molecule has 3 fully saturated rings. The molecule has 0 bridgehead atoms. The standard InChI is InChI=1S/C12H22O11.C6H14O6.C6H12O5/c13-1-3-5(14)8(17)10(19)12(23-3)21-2-4-6(15)7(16)9(18)11(20)22-4;7-1-3(9)5(11)6(12)4(10)2-8;7-1-3-5(9)6(10)4(2-8)11-3/h3-20H,1-2H2;3-12H,1-2H2;3-10H,1-2H2/t;3-,4-,5-,6-;/m.1./s1. The average Bonchev–Trinajstić information content (AvgIpc) is 3.35. The molecule has 18 atom stereocenters. The van der Waals surface area contributed by atoms with Crippen molar-refractivity contribution in [2.75, 3.05) is 39.6 Å². The summed E-state index contributed by atoms with van der Waals surface area (Å²) in [6.45, 7) is -3.25. The Balaban J connectivity index is 0.000000387. The van der Waals surface area contributed by atoms with Crippen LogP contribution in [-0.4, -0.2) is 242 Å². The van der Waals surface area contributed by atoms with Gasteiger partial charge in [-0.05, 0) is 0 Å². The maximum absolute atomic E-state index is 9.78. The molecule has 22 heteroatoms. The fourth-order valence-electron chi connectivity index (χ4n) is 4.26. The van der Waals surface area contributed by atoms with Gasteiger partial charge in [-0.15, -0.1) is 0 Å². The maximum atomic E-state index is 9.78. The van der Waals surface area contributed by atoms with Crippen LogP contribution in [0.1, 0.15) is 0 Å². The minimum absolute atomic E-state index is 0.352. The normalized spacial score (nSPS) is 42.1. The van der Waals surface area contributed by atoms with Gasteiger partial charge in [0.1, 0.15) is 97.7 Å². The van der Waals surface area contributed by atoms with Crippen molar-refractivity contribution in [3.63, 3.8) is 0 Å². The Hall–Kier alpha value is -0.880. The van der Waals surface area contributed by atoms with E-state index < -0.39 is 137 Å². The lowest BCUT2D eigenvalue weighted by molar-refractivity contribution is -0.325. The first-order chi connectivity index (χ1) is 21.5. The highest BCUT2D eigenvalue weighted by atomic mass is 16.7. The molecule has 46 heavy (non-hydrogen) atoms.